The van der Waals surface area contributed by atoms with Crippen molar-refractivity contribution in [2.75, 3.05) is 36.4 Å². The number of carbonyl (C=O) groups excluding carboxylic acids is 1. The highest BCUT2D eigenvalue weighted by Crippen LogP contribution is 2.39. The molecule has 0 unspecified atom stereocenters. The maximum Gasteiger partial charge on any atom is 0.446 e. The lowest BCUT2D eigenvalue weighted by Gasteiger charge is -2.31. The van der Waals surface area contributed by atoms with Gasteiger partial charge in [-0.2, -0.15) is 22.7 Å². The number of hydrogen-bond acceptors (Lipinski definition) is 8. The van der Waals surface area contributed by atoms with E-state index >= 15 is 0 Å². The second-order valence-corrected chi connectivity index (χ2v) is 11.7. The van der Waals surface area contributed by atoms with Crippen molar-refractivity contribution in [1.29, 1.82) is 0 Å². The topological polar surface area (TPSA) is 106 Å². The number of thioether (sulfide) groups is 1. The number of nitrogens with one attached hydrogen (secondary N) is 2. The van der Waals surface area contributed by atoms with Crippen molar-refractivity contribution in [1.82, 2.24) is 24.5 Å². The van der Waals surface area contributed by atoms with Gasteiger partial charge in [-0.1, -0.05) is 30.7 Å². The lowest BCUT2D eigenvalue weighted by molar-refractivity contribution is -0.116. The molecule has 2 aliphatic rings. The molecule has 4 heterocycles. The molecule has 0 bridgehead atoms. The summed E-state index contributed by atoms with van der Waals surface area (Å²) in [4.78, 5) is 33.9. The average Bonchev–Trinajstić information content (AvgIpc) is 3.63. The molecule has 2 aliphatic heterocycles. The highest BCUT2D eigenvalue weighted by Gasteiger charge is 2.30. The van der Waals surface area contributed by atoms with Gasteiger partial charge in [0.1, 0.15) is 12.2 Å². The number of fused-ring (bicyclic) bond motifs is 2. The number of halogens is 4. The van der Waals surface area contributed by atoms with E-state index in [4.69, 9.17) is 21.3 Å². The first-order valence-corrected chi connectivity index (χ1v) is 14.8. The molecule has 0 radical (unpaired) electrons. The number of anilines is 2. The van der Waals surface area contributed by atoms with Gasteiger partial charge in [0.05, 0.1) is 29.6 Å². The number of rotatable bonds is 7. The molecule has 1 amide bonds. The molecule has 10 nitrogen and oxygen atoms in total. The zero-order valence-electron chi connectivity index (χ0n) is 23.0. The Kier molecular flexibility index (Phi) is 8.11. The van der Waals surface area contributed by atoms with Crippen LogP contribution in [0.5, 0.6) is 0 Å². The van der Waals surface area contributed by atoms with Crippen LogP contribution >= 0.6 is 23.4 Å². The molecule has 4 aromatic rings. The summed E-state index contributed by atoms with van der Waals surface area (Å²) in [5, 5.41) is 10.5. The lowest BCUT2D eigenvalue weighted by atomic mass is 10.1. The summed E-state index contributed by atoms with van der Waals surface area (Å²) < 4.78 is 46.8. The number of nitrogens with zero attached hydrogens (tertiary/aromatic N) is 5. The van der Waals surface area contributed by atoms with E-state index in [1.54, 1.807) is 4.57 Å². The van der Waals surface area contributed by atoms with Crippen LogP contribution in [0.1, 0.15) is 23.7 Å². The molecule has 0 aliphatic carbocycles. The predicted molar refractivity (Wildman–Crippen MR) is 158 cm³/mol. The first-order chi connectivity index (χ1) is 20.6. The van der Waals surface area contributed by atoms with Gasteiger partial charge < -0.3 is 24.8 Å². The van der Waals surface area contributed by atoms with Gasteiger partial charge in [0.2, 0.25) is 11.7 Å². The Hall–Kier alpha value is -3.59. The van der Waals surface area contributed by atoms with Crippen LogP contribution in [0.3, 0.4) is 0 Å². The zero-order valence-corrected chi connectivity index (χ0v) is 24.6. The minimum atomic E-state index is -4.47. The lowest BCUT2D eigenvalue weighted by Crippen LogP contribution is -2.47. The number of piperazine rings is 1. The Morgan fingerprint density at radius 3 is 2.63 bits per heavy atom. The standard InChI is InChI=1S/C28H27ClF3N7O3S/c1-2-22-24(37-9-7-33-8-10-37)26(41)39-27(35-25(36-39)16-3-4-17-14-42-15-18(17)11-16)38(22)13-23(40)34-21-6-5-19(12-20(21)29)43-28(30,31)32/h3-6,11-12,33H,2,7-10,13-15H2,1H3,(H,34,40). The van der Waals surface area contributed by atoms with E-state index in [9.17, 15) is 22.8 Å². The third-order valence-corrected chi connectivity index (χ3v) is 8.36. The van der Waals surface area contributed by atoms with E-state index in [0.717, 1.165) is 17.2 Å². The van der Waals surface area contributed by atoms with Crippen LogP contribution in [0.15, 0.2) is 46.1 Å². The molecule has 0 atom stereocenters. The predicted octanol–water partition coefficient (Wildman–Crippen LogP) is 4.46. The summed E-state index contributed by atoms with van der Waals surface area (Å²) in [6, 6.07) is 9.50. The second-order valence-electron chi connectivity index (χ2n) is 10.1. The summed E-state index contributed by atoms with van der Waals surface area (Å²) in [6.07, 6.45) is 0.431. The molecule has 1 fully saturated rings. The maximum absolute atomic E-state index is 13.9. The first kappa shape index (κ1) is 29.5. The zero-order chi connectivity index (χ0) is 30.3. The van der Waals surface area contributed by atoms with Gasteiger partial charge in [-0.05, 0) is 53.6 Å². The Labute approximate surface area is 253 Å². The summed E-state index contributed by atoms with van der Waals surface area (Å²) in [7, 11) is 0. The van der Waals surface area contributed by atoms with Crippen molar-refractivity contribution in [2.24, 2.45) is 0 Å². The van der Waals surface area contributed by atoms with Gasteiger partial charge >= 0.3 is 5.51 Å². The quantitative estimate of drug-likeness (QED) is 0.288. The van der Waals surface area contributed by atoms with E-state index in [1.807, 2.05) is 30.0 Å². The summed E-state index contributed by atoms with van der Waals surface area (Å²) in [6.45, 7) is 5.28. The second kappa shape index (κ2) is 11.8. The largest absolute Gasteiger partial charge is 0.446 e. The van der Waals surface area contributed by atoms with Gasteiger partial charge in [-0.15, -0.1) is 5.10 Å². The van der Waals surface area contributed by atoms with Gasteiger partial charge in [-0.25, -0.2) is 0 Å². The minimum absolute atomic E-state index is 0.0322. The number of ether oxygens (including phenoxy) is 1. The van der Waals surface area contributed by atoms with Crippen LogP contribution in [-0.2, 0) is 35.7 Å². The third-order valence-electron chi connectivity index (χ3n) is 7.32. The van der Waals surface area contributed by atoms with Crippen molar-refractivity contribution in [2.45, 2.75) is 43.5 Å². The number of hydrogen-bond donors (Lipinski definition) is 2. The van der Waals surface area contributed by atoms with Crippen LogP contribution in [0, 0.1) is 0 Å². The van der Waals surface area contributed by atoms with Gasteiger partial charge in [0.25, 0.3) is 5.56 Å². The van der Waals surface area contributed by atoms with Crippen molar-refractivity contribution >= 4 is 46.4 Å². The highest BCUT2D eigenvalue weighted by atomic mass is 35.5. The van der Waals surface area contributed by atoms with E-state index in [2.05, 4.69) is 15.7 Å². The molecular weight excluding hydrogens is 607 g/mol. The molecule has 15 heteroatoms. The van der Waals surface area contributed by atoms with Crippen molar-refractivity contribution < 1.29 is 22.7 Å². The normalized spacial score (nSPS) is 15.2. The highest BCUT2D eigenvalue weighted by molar-refractivity contribution is 8.00. The number of alkyl halides is 3. The smallest absolute Gasteiger partial charge is 0.372 e. The molecule has 2 N–H and O–H groups in total. The molecule has 0 saturated carbocycles. The van der Waals surface area contributed by atoms with E-state index in [-0.39, 0.29) is 45.2 Å². The Morgan fingerprint density at radius 2 is 1.91 bits per heavy atom. The number of aromatic nitrogens is 4. The summed E-state index contributed by atoms with van der Waals surface area (Å²) in [5.74, 6) is 0.0378. The Morgan fingerprint density at radius 1 is 1.14 bits per heavy atom. The van der Waals surface area contributed by atoms with Crippen LogP contribution in [-0.4, -0.2) is 56.8 Å². The summed E-state index contributed by atoms with van der Waals surface area (Å²) >= 11 is 5.94. The number of amides is 1. The van der Waals surface area contributed by atoms with Crippen LogP contribution < -0.4 is 21.1 Å². The van der Waals surface area contributed by atoms with Crippen molar-refractivity contribution in [3.8, 4) is 11.4 Å². The van der Waals surface area contributed by atoms with Crippen LogP contribution in [0.4, 0.5) is 24.5 Å². The molecule has 226 valence electrons. The third kappa shape index (κ3) is 6.09. The van der Waals surface area contributed by atoms with Gasteiger partial charge in [-0.3, -0.25) is 9.59 Å². The Bertz CT molecular complexity index is 1770. The molecule has 2 aromatic carbocycles. The van der Waals surface area contributed by atoms with Crippen LogP contribution in [0.2, 0.25) is 5.02 Å². The molecule has 43 heavy (non-hydrogen) atoms. The monoisotopic (exact) mass is 633 g/mol. The Balaban J connectivity index is 1.40. The molecule has 6 rings (SSSR count). The fourth-order valence-corrected chi connectivity index (χ4v) is 6.25. The molecule has 2 aromatic heterocycles. The summed E-state index contributed by atoms with van der Waals surface area (Å²) in [5.41, 5.74) is -0.720. The van der Waals surface area contributed by atoms with Crippen molar-refractivity contribution in [3.63, 3.8) is 0 Å². The molecule has 0 spiro atoms. The van der Waals surface area contributed by atoms with Gasteiger partial charge in [0, 0.05) is 36.6 Å². The van der Waals surface area contributed by atoms with E-state index in [0.29, 0.717) is 68.6 Å². The number of benzene rings is 2. The molecular formula is C28H27ClF3N7O3S. The number of carbonyl (C=O) groups is 1. The van der Waals surface area contributed by atoms with E-state index in [1.165, 1.54) is 16.6 Å². The van der Waals surface area contributed by atoms with E-state index < -0.39 is 11.4 Å². The molecule has 1 saturated heterocycles. The maximum atomic E-state index is 13.9. The van der Waals surface area contributed by atoms with Crippen LogP contribution in [0.25, 0.3) is 17.2 Å². The van der Waals surface area contributed by atoms with Gasteiger partial charge in [0.15, 0.2) is 5.82 Å². The fourth-order valence-electron chi connectivity index (χ4n) is 5.38. The van der Waals surface area contributed by atoms with Crippen molar-refractivity contribution in [3.05, 3.63) is 68.6 Å². The first-order valence-electron chi connectivity index (χ1n) is 13.6. The average molecular weight is 634 g/mol. The minimum Gasteiger partial charge on any atom is -0.372 e. The fraction of sp³-hybridized carbons (Fsp3) is 0.357. The SMILES string of the molecule is CCc1c(N2CCNCC2)c(=O)n2nc(-c3ccc4c(c3)COC4)nc2n1CC(=O)Nc1ccc(SC(F)(F)F)cc1Cl.